The molecule has 1 saturated heterocycles. The molecule has 0 radical (unpaired) electrons. The molecule has 1 aliphatic heterocycles. The lowest BCUT2D eigenvalue weighted by Crippen LogP contribution is -2.33. The Morgan fingerprint density at radius 1 is 1.47 bits per heavy atom. The standard InChI is InChI=1S/C12H21N5O.ClH/c1-9(2)10-5-16(6-11(10)13)12(18)3-4-17-8-14-7-15-17;/h7-11H,3-6,13H2,1-2H3;1H/t10-,11+;/m1./s1. The minimum atomic E-state index is 0. The lowest BCUT2D eigenvalue weighted by atomic mass is 9.92. The fraction of sp³-hybridized carbons (Fsp3) is 0.750. The number of aromatic nitrogens is 3. The van der Waals surface area contributed by atoms with Crippen LogP contribution >= 0.6 is 12.4 Å². The largest absolute Gasteiger partial charge is 0.341 e. The van der Waals surface area contributed by atoms with Crippen LogP contribution in [0.2, 0.25) is 0 Å². The van der Waals surface area contributed by atoms with E-state index in [4.69, 9.17) is 5.73 Å². The molecule has 2 atom stereocenters. The molecule has 0 aliphatic carbocycles. The van der Waals surface area contributed by atoms with Crippen molar-refractivity contribution in [1.29, 1.82) is 0 Å². The molecule has 2 heterocycles. The first-order valence-corrected chi connectivity index (χ1v) is 6.43. The van der Waals surface area contributed by atoms with Crippen molar-refractivity contribution in [1.82, 2.24) is 19.7 Å². The number of carbonyl (C=O) groups is 1. The van der Waals surface area contributed by atoms with E-state index in [2.05, 4.69) is 23.9 Å². The van der Waals surface area contributed by atoms with E-state index in [0.29, 0.717) is 31.3 Å². The maximum Gasteiger partial charge on any atom is 0.224 e. The van der Waals surface area contributed by atoms with E-state index in [-0.39, 0.29) is 24.4 Å². The van der Waals surface area contributed by atoms with Gasteiger partial charge in [0.05, 0.1) is 6.54 Å². The SMILES string of the molecule is CC(C)[C@H]1CN(C(=O)CCn2cncn2)C[C@@H]1N.Cl. The van der Waals surface area contributed by atoms with Crippen molar-refractivity contribution in [2.45, 2.75) is 32.9 Å². The molecule has 1 aliphatic rings. The van der Waals surface area contributed by atoms with E-state index in [0.717, 1.165) is 6.54 Å². The van der Waals surface area contributed by atoms with Gasteiger partial charge in [-0.1, -0.05) is 13.8 Å². The van der Waals surface area contributed by atoms with Gasteiger partial charge in [0.15, 0.2) is 0 Å². The number of rotatable bonds is 4. The quantitative estimate of drug-likeness (QED) is 0.876. The third kappa shape index (κ3) is 3.91. The summed E-state index contributed by atoms with van der Waals surface area (Å²) in [5, 5.41) is 3.98. The van der Waals surface area contributed by atoms with Crippen molar-refractivity contribution in [2.24, 2.45) is 17.6 Å². The zero-order chi connectivity index (χ0) is 13.1. The number of nitrogens with two attached hydrogens (primary N) is 1. The highest BCUT2D eigenvalue weighted by atomic mass is 35.5. The van der Waals surface area contributed by atoms with E-state index in [1.807, 2.05) is 4.90 Å². The number of halogens is 1. The molecule has 2 rings (SSSR count). The Morgan fingerprint density at radius 2 is 2.21 bits per heavy atom. The van der Waals surface area contributed by atoms with Crippen molar-refractivity contribution in [3.63, 3.8) is 0 Å². The number of hydrogen-bond acceptors (Lipinski definition) is 4. The van der Waals surface area contributed by atoms with Gasteiger partial charge in [-0.15, -0.1) is 12.4 Å². The molecule has 6 nitrogen and oxygen atoms in total. The Balaban J connectivity index is 0.00000180. The third-order valence-corrected chi connectivity index (χ3v) is 3.64. The molecule has 0 spiro atoms. The van der Waals surface area contributed by atoms with Gasteiger partial charge >= 0.3 is 0 Å². The Morgan fingerprint density at radius 3 is 2.74 bits per heavy atom. The number of aryl methyl sites for hydroxylation is 1. The van der Waals surface area contributed by atoms with Crippen LogP contribution in [-0.2, 0) is 11.3 Å². The Kier molecular flexibility index (Phi) is 5.75. The highest BCUT2D eigenvalue weighted by Gasteiger charge is 2.34. The lowest BCUT2D eigenvalue weighted by molar-refractivity contribution is -0.130. The van der Waals surface area contributed by atoms with Gasteiger partial charge in [0.2, 0.25) is 5.91 Å². The van der Waals surface area contributed by atoms with Crippen molar-refractivity contribution in [2.75, 3.05) is 13.1 Å². The van der Waals surface area contributed by atoms with Crippen LogP contribution in [0.5, 0.6) is 0 Å². The van der Waals surface area contributed by atoms with Crippen LogP contribution in [-0.4, -0.2) is 44.7 Å². The molecule has 0 unspecified atom stereocenters. The molecule has 2 N–H and O–H groups in total. The Bertz CT molecular complexity index is 395. The van der Waals surface area contributed by atoms with E-state index in [1.165, 1.54) is 6.33 Å². The second kappa shape index (κ2) is 6.86. The highest BCUT2D eigenvalue weighted by molar-refractivity contribution is 5.85. The molecule has 1 aromatic rings. The summed E-state index contributed by atoms with van der Waals surface area (Å²) in [6.07, 6.45) is 3.56. The summed E-state index contributed by atoms with van der Waals surface area (Å²) < 4.78 is 1.67. The smallest absolute Gasteiger partial charge is 0.224 e. The monoisotopic (exact) mass is 287 g/mol. The second-order valence-electron chi connectivity index (χ2n) is 5.28. The zero-order valence-corrected chi connectivity index (χ0v) is 12.2. The molecular weight excluding hydrogens is 266 g/mol. The second-order valence-corrected chi connectivity index (χ2v) is 5.28. The topological polar surface area (TPSA) is 77.0 Å². The van der Waals surface area contributed by atoms with Gasteiger partial charge in [0.25, 0.3) is 0 Å². The van der Waals surface area contributed by atoms with E-state index in [1.54, 1.807) is 11.0 Å². The summed E-state index contributed by atoms with van der Waals surface area (Å²) in [6.45, 7) is 6.37. The molecule has 1 fully saturated rings. The number of carbonyl (C=O) groups excluding carboxylic acids is 1. The molecule has 19 heavy (non-hydrogen) atoms. The van der Waals surface area contributed by atoms with Gasteiger partial charge in [0.1, 0.15) is 12.7 Å². The molecule has 1 aromatic heterocycles. The van der Waals surface area contributed by atoms with Crippen molar-refractivity contribution in [3.05, 3.63) is 12.7 Å². The van der Waals surface area contributed by atoms with Crippen LogP contribution in [0.15, 0.2) is 12.7 Å². The summed E-state index contributed by atoms with van der Waals surface area (Å²) in [4.78, 5) is 17.8. The summed E-state index contributed by atoms with van der Waals surface area (Å²) >= 11 is 0. The van der Waals surface area contributed by atoms with Crippen LogP contribution in [0.4, 0.5) is 0 Å². The van der Waals surface area contributed by atoms with Gasteiger partial charge < -0.3 is 10.6 Å². The van der Waals surface area contributed by atoms with Crippen LogP contribution < -0.4 is 5.73 Å². The maximum atomic E-state index is 12.1. The summed E-state index contributed by atoms with van der Waals surface area (Å²) in [6, 6.07) is 0.111. The molecule has 0 bridgehead atoms. The molecule has 7 heteroatoms. The fourth-order valence-corrected chi connectivity index (χ4v) is 2.48. The number of nitrogens with zero attached hydrogens (tertiary/aromatic N) is 4. The molecular formula is C12H22ClN5O. The first-order valence-electron chi connectivity index (χ1n) is 6.43. The van der Waals surface area contributed by atoms with Gasteiger partial charge in [0, 0.05) is 25.6 Å². The number of hydrogen-bond donors (Lipinski definition) is 1. The van der Waals surface area contributed by atoms with E-state index >= 15 is 0 Å². The van der Waals surface area contributed by atoms with E-state index in [9.17, 15) is 4.79 Å². The van der Waals surface area contributed by atoms with Gasteiger partial charge in [-0.05, 0) is 11.8 Å². The minimum absolute atomic E-state index is 0. The van der Waals surface area contributed by atoms with Gasteiger partial charge in [-0.3, -0.25) is 9.48 Å². The molecule has 0 saturated carbocycles. The normalized spacial score (nSPS) is 22.6. The average Bonchev–Trinajstić information content (AvgIpc) is 2.94. The fourth-order valence-electron chi connectivity index (χ4n) is 2.48. The molecule has 0 aromatic carbocycles. The number of amides is 1. The summed E-state index contributed by atoms with van der Waals surface area (Å²) in [7, 11) is 0. The van der Waals surface area contributed by atoms with Gasteiger partial charge in [-0.2, -0.15) is 5.10 Å². The minimum Gasteiger partial charge on any atom is -0.341 e. The predicted molar refractivity (Wildman–Crippen MR) is 74.8 cm³/mol. The van der Waals surface area contributed by atoms with Crippen LogP contribution in [0.1, 0.15) is 20.3 Å². The maximum absolute atomic E-state index is 12.1. The summed E-state index contributed by atoms with van der Waals surface area (Å²) in [5.41, 5.74) is 6.08. The van der Waals surface area contributed by atoms with Crippen molar-refractivity contribution >= 4 is 18.3 Å². The number of likely N-dealkylation sites (tertiary alicyclic amines) is 1. The Hall–Kier alpha value is -1.14. The first kappa shape index (κ1) is 15.9. The van der Waals surface area contributed by atoms with E-state index < -0.39 is 0 Å². The van der Waals surface area contributed by atoms with Crippen molar-refractivity contribution < 1.29 is 4.79 Å². The van der Waals surface area contributed by atoms with Crippen LogP contribution in [0, 0.1) is 11.8 Å². The Labute approximate surface area is 119 Å². The lowest BCUT2D eigenvalue weighted by Gasteiger charge is -2.18. The summed E-state index contributed by atoms with van der Waals surface area (Å²) in [5.74, 6) is 1.09. The average molecular weight is 288 g/mol. The van der Waals surface area contributed by atoms with Crippen molar-refractivity contribution in [3.8, 4) is 0 Å². The first-order chi connectivity index (χ1) is 8.58. The zero-order valence-electron chi connectivity index (χ0n) is 11.4. The molecule has 1 amide bonds. The molecule has 108 valence electrons. The van der Waals surface area contributed by atoms with Crippen LogP contribution in [0.25, 0.3) is 0 Å². The van der Waals surface area contributed by atoms with Crippen LogP contribution in [0.3, 0.4) is 0 Å². The van der Waals surface area contributed by atoms with Gasteiger partial charge in [-0.25, -0.2) is 4.98 Å². The predicted octanol–water partition coefficient (Wildman–Crippen LogP) is 0.532. The third-order valence-electron chi connectivity index (χ3n) is 3.64. The highest BCUT2D eigenvalue weighted by Crippen LogP contribution is 2.23.